The van der Waals surface area contributed by atoms with Crippen molar-refractivity contribution in [1.29, 1.82) is 0 Å². The Morgan fingerprint density at radius 2 is 2.00 bits per heavy atom. The van der Waals surface area contributed by atoms with E-state index in [1.54, 1.807) is 0 Å². The maximum atomic E-state index is 12.5. The molecule has 1 aromatic carbocycles. The van der Waals surface area contributed by atoms with Gasteiger partial charge in [-0.3, -0.25) is 4.72 Å². The molecule has 0 fully saturated rings. The molecule has 0 aromatic heterocycles. The lowest BCUT2D eigenvalue weighted by molar-refractivity contribution is -0.0429. The van der Waals surface area contributed by atoms with Crippen LogP contribution in [0.15, 0.2) is 23.4 Å². The Kier molecular flexibility index (Phi) is 6.66. The molecule has 1 rings (SSSR count). The third-order valence-corrected chi connectivity index (χ3v) is 3.83. The second kappa shape index (κ2) is 7.84. The van der Waals surface area contributed by atoms with E-state index in [1.165, 1.54) is 30.9 Å². The Hall–Kier alpha value is -1.52. The first kappa shape index (κ1) is 19.5. The van der Waals surface area contributed by atoms with E-state index in [1.807, 2.05) is 0 Å². The number of benzene rings is 1. The van der Waals surface area contributed by atoms with Crippen molar-refractivity contribution in [2.45, 2.75) is 12.4 Å². The number of ether oxygens (including phenoxy) is 1. The van der Waals surface area contributed by atoms with Gasteiger partial charge in [0.05, 0.1) is 18.0 Å². The topological polar surface area (TPSA) is 77.0 Å². The van der Waals surface area contributed by atoms with Gasteiger partial charge < -0.3 is 9.57 Å². The molecule has 6 nitrogen and oxygen atoms in total. The summed E-state index contributed by atoms with van der Waals surface area (Å²) in [5.41, 5.74) is -5.56. The molecule has 0 atom stereocenters. The fourth-order valence-corrected chi connectivity index (χ4v) is 2.18. The molecule has 0 aliphatic carbocycles. The lowest BCUT2D eigenvalue weighted by Gasteiger charge is -2.14. The molecular weight excluding hydrogens is 361 g/mol. The largest absolute Gasteiger partial charge is 0.516 e. The minimum atomic E-state index is -5.56. The van der Waals surface area contributed by atoms with Crippen molar-refractivity contribution in [3.63, 3.8) is 0 Å². The van der Waals surface area contributed by atoms with Crippen LogP contribution in [0, 0.1) is 0 Å². The van der Waals surface area contributed by atoms with E-state index >= 15 is 0 Å². The monoisotopic (exact) mass is 374 g/mol. The van der Waals surface area contributed by atoms with E-state index in [4.69, 9.17) is 21.2 Å². The summed E-state index contributed by atoms with van der Waals surface area (Å²) in [5, 5.41) is 3.88. The normalized spacial score (nSPS) is 13.0. The highest BCUT2D eigenvalue weighted by Gasteiger charge is 2.46. The van der Waals surface area contributed by atoms with E-state index in [0.717, 1.165) is 6.07 Å². The predicted molar refractivity (Wildman–Crippen MR) is 80.1 cm³/mol. The second-order valence-electron chi connectivity index (χ2n) is 4.24. The number of hydrogen-bond acceptors (Lipinski definition) is 5. The quantitative estimate of drug-likeness (QED) is 0.452. The van der Waals surface area contributed by atoms with Gasteiger partial charge in [-0.2, -0.15) is 21.6 Å². The summed E-state index contributed by atoms with van der Waals surface area (Å²) in [6.45, 7) is 1.82. The van der Waals surface area contributed by atoms with Gasteiger partial charge in [-0.1, -0.05) is 16.8 Å². The standard InChI is InChI=1S/C12H14ClF3N2O4S/c1-8(17-22-6-5-21-2)10-7-9(13)3-4-11(10)18-23(19,20)12(14,15)16/h3-4,7,18H,5-6H2,1-2H3. The minimum absolute atomic E-state index is 0.0581. The van der Waals surface area contributed by atoms with Crippen molar-refractivity contribution in [3.05, 3.63) is 28.8 Å². The third kappa shape index (κ3) is 5.56. The van der Waals surface area contributed by atoms with Crippen LogP contribution in [0.3, 0.4) is 0 Å². The van der Waals surface area contributed by atoms with Crippen LogP contribution in [-0.2, 0) is 19.6 Å². The van der Waals surface area contributed by atoms with E-state index < -0.39 is 15.5 Å². The predicted octanol–water partition coefficient (Wildman–Crippen LogP) is 2.99. The first-order chi connectivity index (χ1) is 10.6. The van der Waals surface area contributed by atoms with Crippen molar-refractivity contribution in [2.75, 3.05) is 25.0 Å². The van der Waals surface area contributed by atoms with Gasteiger partial charge >= 0.3 is 15.5 Å². The molecule has 0 aliphatic rings. The number of rotatable bonds is 7. The SMILES string of the molecule is COCCON=C(C)c1cc(Cl)ccc1NS(=O)(=O)C(F)(F)F. The van der Waals surface area contributed by atoms with Crippen molar-refractivity contribution < 1.29 is 31.2 Å². The zero-order valence-electron chi connectivity index (χ0n) is 12.1. The summed E-state index contributed by atoms with van der Waals surface area (Å²) in [4.78, 5) is 4.90. The number of nitrogens with zero attached hydrogens (tertiary/aromatic N) is 1. The van der Waals surface area contributed by atoms with Crippen molar-refractivity contribution in [2.24, 2.45) is 5.16 Å². The number of anilines is 1. The summed E-state index contributed by atoms with van der Waals surface area (Å²) in [6, 6.07) is 3.63. The van der Waals surface area contributed by atoms with Gasteiger partial charge in [0.2, 0.25) is 0 Å². The molecule has 130 valence electrons. The number of alkyl halides is 3. The average molecular weight is 375 g/mol. The van der Waals surface area contributed by atoms with Crippen LogP contribution in [0.25, 0.3) is 0 Å². The lowest BCUT2D eigenvalue weighted by Crippen LogP contribution is -2.30. The van der Waals surface area contributed by atoms with Crippen molar-refractivity contribution >= 4 is 33.0 Å². The highest BCUT2D eigenvalue weighted by Crippen LogP contribution is 2.28. The van der Waals surface area contributed by atoms with E-state index in [2.05, 4.69) is 5.16 Å². The van der Waals surface area contributed by atoms with E-state index in [-0.39, 0.29) is 35.2 Å². The molecule has 1 N–H and O–H groups in total. The summed E-state index contributed by atoms with van der Waals surface area (Å²) >= 11 is 5.79. The molecule has 0 saturated heterocycles. The van der Waals surface area contributed by atoms with Gasteiger partial charge in [0.25, 0.3) is 0 Å². The first-order valence-electron chi connectivity index (χ1n) is 6.13. The number of sulfonamides is 1. The van der Waals surface area contributed by atoms with Crippen LogP contribution in [0.1, 0.15) is 12.5 Å². The highest BCUT2D eigenvalue weighted by molar-refractivity contribution is 7.93. The Morgan fingerprint density at radius 1 is 1.35 bits per heavy atom. The fraction of sp³-hybridized carbons (Fsp3) is 0.417. The maximum absolute atomic E-state index is 12.5. The van der Waals surface area contributed by atoms with Gasteiger partial charge in [0.15, 0.2) is 0 Å². The number of nitrogens with one attached hydrogen (secondary N) is 1. The van der Waals surface area contributed by atoms with Gasteiger partial charge in [-0.15, -0.1) is 0 Å². The van der Waals surface area contributed by atoms with Crippen molar-refractivity contribution in [1.82, 2.24) is 0 Å². The van der Waals surface area contributed by atoms with Crippen molar-refractivity contribution in [3.8, 4) is 0 Å². The summed E-state index contributed by atoms with van der Waals surface area (Å²) in [6.07, 6.45) is 0. The van der Waals surface area contributed by atoms with Gasteiger partial charge in [0.1, 0.15) is 6.61 Å². The molecule has 0 heterocycles. The Morgan fingerprint density at radius 3 is 2.57 bits per heavy atom. The van der Waals surface area contributed by atoms with E-state index in [9.17, 15) is 21.6 Å². The maximum Gasteiger partial charge on any atom is 0.516 e. The summed E-state index contributed by atoms with van der Waals surface area (Å²) in [5.74, 6) is 0. The fourth-order valence-electron chi connectivity index (χ4n) is 1.42. The molecule has 0 spiro atoms. The zero-order valence-corrected chi connectivity index (χ0v) is 13.7. The Bertz CT molecular complexity index is 677. The van der Waals surface area contributed by atoms with Crippen LogP contribution in [0.4, 0.5) is 18.9 Å². The van der Waals surface area contributed by atoms with E-state index in [0.29, 0.717) is 0 Å². The molecule has 0 unspecified atom stereocenters. The number of oxime groups is 1. The molecule has 1 aromatic rings. The van der Waals surface area contributed by atoms with Crippen LogP contribution < -0.4 is 4.72 Å². The molecule has 0 radical (unpaired) electrons. The van der Waals surface area contributed by atoms with Crippen LogP contribution in [0.2, 0.25) is 5.02 Å². The van der Waals surface area contributed by atoms with Gasteiger partial charge in [0, 0.05) is 17.7 Å². The summed E-state index contributed by atoms with van der Waals surface area (Å²) in [7, 11) is -4.10. The smallest absolute Gasteiger partial charge is 0.393 e. The van der Waals surface area contributed by atoms with Gasteiger partial charge in [-0.25, -0.2) is 0 Å². The lowest BCUT2D eigenvalue weighted by atomic mass is 10.1. The van der Waals surface area contributed by atoms with Crippen LogP contribution >= 0.6 is 11.6 Å². The average Bonchev–Trinajstić information content (AvgIpc) is 2.44. The summed E-state index contributed by atoms with van der Waals surface area (Å²) < 4.78 is 66.1. The first-order valence-corrected chi connectivity index (χ1v) is 7.99. The number of hydrogen-bond donors (Lipinski definition) is 1. The van der Waals surface area contributed by atoms with Crippen LogP contribution in [-0.4, -0.2) is 40.0 Å². The highest BCUT2D eigenvalue weighted by atomic mass is 35.5. The Labute approximate surface area is 136 Å². The Balaban J connectivity index is 3.11. The third-order valence-electron chi connectivity index (χ3n) is 2.50. The van der Waals surface area contributed by atoms with Gasteiger partial charge in [-0.05, 0) is 25.1 Å². The number of methoxy groups -OCH3 is 1. The molecule has 23 heavy (non-hydrogen) atoms. The molecule has 0 saturated carbocycles. The molecular formula is C12H14ClF3N2O4S. The number of halogens is 4. The van der Waals surface area contributed by atoms with Crippen LogP contribution in [0.5, 0.6) is 0 Å². The molecule has 0 bridgehead atoms. The second-order valence-corrected chi connectivity index (χ2v) is 6.35. The zero-order chi connectivity index (χ0) is 17.7. The molecule has 0 aliphatic heterocycles. The minimum Gasteiger partial charge on any atom is -0.393 e. The molecule has 11 heteroatoms. The molecule has 0 amide bonds.